The first-order chi connectivity index (χ1) is 13.2. The SMILES string of the molecule is Cn1ncc2c(N[C@H]3CCCCNC3=O)nc(CCc3ccccc3)nc21. The average molecular weight is 364 g/mol. The summed E-state index contributed by atoms with van der Waals surface area (Å²) in [6, 6.07) is 10.0. The predicted octanol–water partition coefficient (Wildman–Crippen LogP) is 2.23. The van der Waals surface area contributed by atoms with E-state index in [9.17, 15) is 4.79 Å². The second-order valence-electron chi connectivity index (χ2n) is 6.96. The van der Waals surface area contributed by atoms with Crippen LogP contribution >= 0.6 is 0 Å². The summed E-state index contributed by atoms with van der Waals surface area (Å²) in [4.78, 5) is 21.7. The lowest BCUT2D eigenvalue weighted by molar-refractivity contribution is -0.121. The van der Waals surface area contributed by atoms with Crippen LogP contribution in [-0.2, 0) is 24.7 Å². The van der Waals surface area contributed by atoms with Crippen LogP contribution in [0.5, 0.6) is 0 Å². The highest BCUT2D eigenvalue weighted by Crippen LogP contribution is 2.22. The van der Waals surface area contributed by atoms with Crippen LogP contribution in [0.1, 0.15) is 30.7 Å². The maximum absolute atomic E-state index is 12.3. The molecule has 1 aliphatic rings. The molecule has 0 aliphatic carbocycles. The van der Waals surface area contributed by atoms with E-state index < -0.39 is 0 Å². The molecule has 7 nitrogen and oxygen atoms in total. The van der Waals surface area contributed by atoms with Crippen LogP contribution in [0.3, 0.4) is 0 Å². The van der Waals surface area contributed by atoms with Crippen LogP contribution in [0, 0.1) is 0 Å². The third-order valence-electron chi connectivity index (χ3n) is 4.96. The molecule has 1 amide bonds. The lowest BCUT2D eigenvalue weighted by Crippen LogP contribution is -2.38. The zero-order valence-electron chi connectivity index (χ0n) is 15.5. The number of carbonyl (C=O) groups excluding carboxylic acids is 1. The van der Waals surface area contributed by atoms with Gasteiger partial charge in [-0.05, 0) is 31.2 Å². The number of hydrogen-bond donors (Lipinski definition) is 2. The third-order valence-corrected chi connectivity index (χ3v) is 4.96. The van der Waals surface area contributed by atoms with Gasteiger partial charge in [-0.1, -0.05) is 30.3 Å². The Labute approximate surface area is 158 Å². The summed E-state index contributed by atoms with van der Waals surface area (Å²) in [7, 11) is 1.87. The van der Waals surface area contributed by atoms with Gasteiger partial charge in [0, 0.05) is 20.0 Å². The number of nitrogens with zero attached hydrogens (tertiary/aromatic N) is 4. The van der Waals surface area contributed by atoms with Crippen molar-refractivity contribution in [3.8, 4) is 0 Å². The zero-order valence-corrected chi connectivity index (χ0v) is 15.5. The number of nitrogens with one attached hydrogen (secondary N) is 2. The molecule has 3 heterocycles. The number of hydrogen-bond acceptors (Lipinski definition) is 5. The topological polar surface area (TPSA) is 84.7 Å². The molecule has 2 N–H and O–H groups in total. The van der Waals surface area contributed by atoms with Gasteiger partial charge >= 0.3 is 0 Å². The first kappa shape index (κ1) is 17.5. The highest BCUT2D eigenvalue weighted by molar-refractivity contribution is 5.90. The molecule has 1 saturated heterocycles. The highest BCUT2D eigenvalue weighted by atomic mass is 16.2. The van der Waals surface area contributed by atoms with E-state index in [1.165, 1.54) is 5.56 Å². The minimum Gasteiger partial charge on any atom is -0.358 e. The predicted molar refractivity (Wildman–Crippen MR) is 104 cm³/mol. The molecule has 1 aliphatic heterocycles. The van der Waals surface area contributed by atoms with E-state index >= 15 is 0 Å². The van der Waals surface area contributed by atoms with Crippen molar-refractivity contribution in [1.29, 1.82) is 0 Å². The molecular weight excluding hydrogens is 340 g/mol. The fourth-order valence-corrected chi connectivity index (χ4v) is 3.43. The van der Waals surface area contributed by atoms with Gasteiger partial charge in [0.1, 0.15) is 17.7 Å². The summed E-state index contributed by atoms with van der Waals surface area (Å²) in [6.45, 7) is 0.741. The van der Waals surface area contributed by atoms with Crippen LogP contribution in [0.2, 0.25) is 0 Å². The molecule has 0 saturated carbocycles. The van der Waals surface area contributed by atoms with Crippen LogP contribution < -0.4 is 10.6 Å². The molecule has 1 aromatic carbocycles. The van der Waals surface area contributed by atoms with Crippen molar-refractivity contribution in [2.45, 2.75) is 38.1 Å². The standard InChI is InChI=1S/C20H24N6O/c1-26-19-15(13-22-26)18(23-16-9-5-6-12-21-20(16)27)24-17(25-19)11-10-14-7-3-2-4-8-14/h2-4,7-8,13,16H,5-6,9-12H2,1H3,(H,21,27)(H,23,24,25)/t16-/m0/s1. The smallest absolute Gasteiger partial charge is 0.242 e. The van der Waals surface area contributed by atoms with Crippen LogP contribution in [-0.4, -0.2) is 38.2 Å². The maximum Gasteiger partial charge on any atom is 0.242 e. The number of rotatable bonds is 5. The van der Waals surface area contributed by atoms with Gasteiger partial charge in [0.15, 0.2) is 5.65 Å². The Morgan fingerprint density at radius 3 is 2.89 bits per heavy atom. The van der Waals surface area contributed by atoms with E-state index in [4.69, 9.17) is 4.98 Å². The number of amides is 1. The fourth-order valence-electron chi connectivity index (χ4n) is 3.43. The first-order valence-corrected chi connectivity index (χ1v) is 9.47. The monoisotopic (exact) mass is 364 g/mol. The summed E-state index contributed by atoms with van der Waals surface area (Å²) in [5.41, 5.74) is 2.04. The van der Waals surface area contributed by atoms with Crippen LogP contribution in [0.4, 0.5) is 5.82 Å². The van der Waals surface area contributed by atoms with E-state index in [0.29, 0.717) is 5.82 Å². The van der Waals surface area contributed by atoms with Gasteiger partial charge in [-0.15, -0.1) is 0 Å². The Morgan fingerprint density at radius 1 is 1.19 bits per heavy atom. The maximum atomic E-state index is 12.3. The van der Waals surface area contributed by atoms with Crippen molar-refractivity contribution < 1.29 is 4.79 Å². The van der Waals surface area contributed by atoms with Gasteiger partial charge in [-0.25, -0.2) is 9.97 Å². The Bertz CT molecular complexity index is 936. The minimum absolute atomic E-state index is 0.0361. The van der Waals surface area contributed by atoms with Crippen LogP contribution in [0.15, 0.2) is 36.5 Å². The number of anilines is 1. The van der Waals surface area contributed by atoms with Gasteiger partial charge in [-0.3, -0.25) is 9.48 Å². The zero-order chi connectivity index (χ0) is 18.6. The van der Waals surface area contributed by atoms with Crippen molar-refractivity contribution >= 4 is 22.8 Å². The number of aromatic nitrogens is 4. The second-order valence-corrected chi connectivity index (χ2v) is 6.96. The normalized spacial score (nSPS) is 17.5. The second kappa shape index (κ2) is 7.73. The van der Waals surface area contributed by atoms with E-state index in [-0.39, 0.29) is 11.9 Å². The van der Waals surface area contributed by atoms with E-state index in [1.54, 1.807) is 10.9 Å². The number of carbonyl (C=O) groups is 1. The summed E-state index contributed by atoms with van der Waals surface area (Å²) in [5, 5.41) is 11.5. The quantitative estimate of drug-likeness (QED) is 0.725. The van der Waals surface area contributed by atoms with E-state index in [0.717, 1.165) is 55.5 Å². The Balaban J connectivity index is 1.61. The summed E-state index contributed by atoms with van der Waals surface area (Å²) < 4.78 is 1.75. The molecule has 7 heteroatoms. The fraction of sp³-hybridized carbons (Fsp3) is 0.400. The largest absolute Gasteiger partial charge is 0.358 e. The van der Waals surface area contributed by atoms with Crippen molar-refractivity contribution in [3.63, 3.8) is 0 Å². The Kier molecular flexibility index (Phi) is 5.00. The molecule has 0 bridgehead atoms. The van der Waals surface area contributed by atoms with Crippen molar-refractivity contribution in [2.24, 2.45) is 7.05 Å². The number of fused-ring (bicyclic) bond motifs is 1. The van der Waals surface area contributed by atoms with Crippen LogP contribution in [0.25, 0.3) is 11.0 Å². The minimum atomic E-state index is -0.271. The lowest BCUT2D eigenvalue weighted by Gasteiger charge is -2.17. The summed E-state index contributed by atoms with van der Waals surface area (Å²) >= 11 is 0. The molecule has 4 rings (SSSR count). The Morgan fingerprint density at radius 2 is 2.04 bits per heavy atom. The molecule has 27 heavy (non-hydrogen) atoms. The molecule has 140 valence electrons. The molecule has 0 radical (unpaired) electrons. The van der Waals surface area contributed by atoms with Crippen molar-refractivity contribution in [3.05, 3.63) is 47.9 Å². The first-order valence-electron chi connectivity index (χ1n) is 9.47. The van der Waals surface area contributed by atoms with Gasteiger partial charge in [0.25, 0.3) is 0 Å². The van der Waals surface area contributed by atoms with E-state index in [1.807, 2.05) is 25.2 Å². The average Bonchev–Trinajstić information content (AvgIpc) is 2.94. The van der Waals surface area contributed by atoms with Gasteiger partial charge in [-0.2, -0.15) is 5.10 Å². The molecular formula is C20H24N6O. The molecule has 2 aromatic heterocycles. The Hall–Kier alpha value is -2.96. The van der Waals surface area contributed by atoms with Gasteiger partial charge in [0.2, 0.25) is 5.91 Å². The molecule has 1 atom stereocenters. The summed E-state index contributed by atoms with van der Waals surface area (Å²) in [6.07, 6.45) is 6.19. The third kappa shape index (κ3) is 3.92. The lowest BCUT2D eigenvalue weighted by atomic mass is 10.1. The van der Waals surface area contributed by atoms with Crippen molar-refractivity contribution in [1.82, 2.24) is 25.1 Å². The summed E-state index contributed by atoms with van der Waals surface area (Å²) in [5.74, 6) is 1.48. The number of benzene rings is 1. The van der Waals surface area contributed by atoms with Gasteiger partial charge in [0.05, 0.1) is 11.6 Å². The van der Waals surface area contributed by atoms with E-state index in [2.05, 4.69) is 32.8 Å². The number of aryl methyl sites for hydroxylation is 3. The molecule has 3 aromatic rings. The van der Waals surface area contributed by atoms with Gasteiger partial charge < -0.3 is 10.6 Å². The molecule has 0 unspecified atom stereocenters. The van der Waals surface area contributed by atoms with Crippen molar-refractivity contribution in [2.75, 3.05) is 11.9 Å². The highest BCUT2D eigenvalue weighted by Gasteiger charge is 2.22. The molecule has 1 fully saturated rings. The molecule has 0 spiro atoms.